The highest BCUT2D eigenvalue weighted by atomic mass is 16.5. The van der Waals surface area contributed by atoms with Crippen molar-refractivity contribution in [1.29, 1.82) is 0 Å². The third-order valence-corrected chi connectivity index (χ3v) is 2.57. The minimum atomic E-state index is -0.638. The first kappa shape index (κ1) is 13.0. The lowest BCUT2D eigenvalue weighted by molar-refractivity contribution is 0.0388. The summed E-state index contributed by atoms with van der Waals surface area (Å²) in [4.78, 5) is 0. The molecule has 0 saturated carbocycles. The molecular formula is C14H22O2. The zero-order valence-corrected chi connectivity index (χ0v) is 10.7. The number of rotatable bonds is 5. The zero-order valence-electron chi connectivity index (χ0n) is 10.7. The highest BCUT2D eigenvalue weighted by Gasteiger charge is 2.22. The predicted octanol–water partition coefficient (Wildman–Crippen LogP) is 3.03. The van der Waals surface area contributed by atoms with Gasteiger partial charge in [-0.1, -0.05) is 26.0 Å². The van der Waals surface area contributed by atoms with Crippen molar-refractivity contribution in [2.45, 2.75) is 39.2 Å². The highest BCUT2D eigenvalue weighted by Crippen LogP contribution is 2.23. The van der Waals surface area contributed by atoms with E-state index in [1.54, 1.807) is 7.11 Å². The first-order chi connectivity index (χ1) is 7.43. The quantitative estimate of drug-likeness (QED) is 0.829. The van der Waals surface area contributed by atoms with Crippen LogP contribution < -0.4 is 4.74 Å². The van der Waals surface area contributed by atoms with Crippen LogP contribution in [0.5, 0.6) is 5.75 Å². The Bertz CT molecular complexity index is 329. The molecule has 0 aromatic heterocycles. The minimum Gasteiger partial charge on any atom is -0.497 e. The van der Waals surface area contributed by atoms with Crippen LogP contribution in [0.4, 0.5) is 0 Å². The Morgan fingerprint density at radius 2 is 2.06 bits per heavy atom. The number of hydrogen-bond acceptors (Lipinski definition) is 2. The molecule has 2 nitrogen and oxygen atoms in total. The SMILES string of the molecule is COc1cccc(CC(C)(O)CC(C)C)c1. The fraction of sp³-hybridized carbons (Fsp3) is 0.571. The van der Waals surface area contributed by atoms with E-state index in [2.05, 4.69) is 13.8 Å². The van der Waals surface area contributed by atoms with Crippen LogP contribution in [0.15, 0.2) is 24.3 Å². The van der Waals surface area contributed by atoms with Gasteiger partial charge in [-0.3, -0.25) is 0 Å². The molecule has 1 aromatic rings. The van der Waals surface area contributed by atoms with E-state index in [9.17, 15) is 5.11 Å². The summed E-state index contributed by atoms with van der Waals surface area (Å²) in [5.74, 6) is 1.35. The molecule has 0 aliphatic rings. The second kappa shape index (κ2) is 5.35. The van der Waals surface area contributed by atoms with Crippen molar-refractivity contribution in [3.8, 4) is 5.75 Å². The van der Waals surface area contributed by atoms with Gasteiger partial charge < -0.3 is 9.84 Å². The fourth-order valence-corrected chi connectivity index (χ4v) is 2.17. The average molecular weight is 222 g/mol. The Kier molecular flexibility index (Phi) is 4.36. The highest BCUT2D eigenvalue weighted by molar-refractivity contribution is 5.29. The third-order valence-electron chi connectivity index (χ3n) is 2.57. The van der Waals surface area contributed by atoms with Crippen LogP contribution in [-0.4, -0.2) is 17.8 Å². The van der Waals surface area contributed by atoms with Gasteiger partial charge in [0.15, 0.2) is 0 Å². The van der Waals surface area contributed by atoms with Gasteiger partial charge >= 0.3 is 0 Å². The van der Waals surface area contributed by atoms with Crippen molar-refractivity contribution in [3.63, 3.8) is 0 Å². The molecule has 1 aromatic carbocycles. The molecule has 1 rings (SSSR count). The van der Waals surface area contributed by atoms with Crippen molar-refractivity contribution in [1.82, 2.24) is 0 Å². The summed E-state index contributed by atoms with van der Waals surface area (Å²) in [5, 5.41) is 10.3. The van der Waals surface area contributed by atoms with Crippen molar-refractivity contribution >= 4 is 0 Å². The summed E-state index contributed by atoms with van der Waals surface area (Å²) in [5.41, 5.74) is 0.477. The molecule has 16 heavy (non-hydrogen) atoms. The van der Waals surface area contributed by atoms with Gasteiger partial charge in [0.2, 0.25) is 0 Å². The molecule has 0 bridgehead atoms. The molecule has 0 spiro atoms. The molecule has 0 fully saturated rings. The van der Waals surface area contributed by atoms with E-state index in [1.807, 2.05) is 31.2 Å². The lowest BCUT2D eigenvalue weighted by atomic mass is 9.88. The average Bonchev–Trinajstić information content (AvgIpc) is 2.15. The van der Waals surface area contributed by atoms with Crippen LogP contribution in [0.2, 0.25) is 0 Å². The van der Waals surface area contributed by atoms with E-state index in [1.165, 1.54) is 0 Å². The molecule has 1 atom stereocenters. The van der Waals surface area contributed by atoms with Gasteiger partial charge in [-0.15, -0.1) is 0 Å². The van der Waals surface area contributed by atoms with Gasteiger partial charge in [0.25, 0.3) is 0 Å². The van der Waals surface area contributed by atoms with Crippen LogP contribution in [0.25, 0.3) is 0 Å². The smallest absolute Gasteiger partial charge is 0.119 e. The Morgan fingerprint density at radius 1 is 1.38 bits per heavy atom. The Morgan fingerprint density at radius 3 is 2.62 bits per heavy atom. The van der Waals surface area contributed by atoms with Crippen LogP contribution in [-0.2, 0) is 6.42 Å². The lowest BCUT2D eigenvalue weighted by Gasteiger charge is -2.25. The van der Waals surface area contributed by atoms with E-state index in [4.69, 9.17) is 4.74 Å². The van der Waals surface area contributed by atoms with Crippen molar-refractivity contribution < 1.29 is 9.84 Å². The summed E-state index contributed by atoms with van der Waals surface area (Å²) in [6, 6.07) is 7.88. The summed E-state index contributed by atoms with van der Waals surface area (Å²) in [6.45, 7) is 6.15. The molecule has 0 aliphatic carbocycles. The van der Waals surface area contributed by atoms with Crippen molar-refractivity contribution in [2.75, 3.05) is 7.11 Å². The summed E-state index contributed by atoms with van der Waals surface area (Å²) >= 11 is 0. The molecule has 1 unspecified atom stereocenters. The maximum Gasteiger partial charge on any atom is 0.119 e. The molecule has 0 saturated heterocycles. The van der Waals surface area contributed by atoms with E-state index in [-0.39, 0.29) is 0 Å². The largest absolute Gasteiger partial charge is 0.497 e. The van der Waals surface area contributed by atoms with Crippen molar-refractivity contribution in [3.05, 3.63) is 29.8 Å². The summed E-state index contributed by atoms with van der Waals surface area (Å²) < 4.78 is 5.17. The second-order valence-electron chi connectivity index (χ2n) is 5.12. The van der Waals surface area contributed by atoms with Gasteiger partial charge in [0.1, 0.15) is 5.75 Å². The normalized spacial score (nSPS) is 14.9. The number of hydrogen-bond donors (Lipinski definition) is 1. The van der Waals surface area contributed by atoms with Gasteiger partial charge in [0, 0.05) is 6.42 Å². The van der Waals surface area contributed by atoms with Gasteiger partial charge in [-0.2, -0.15) is 0 Å². The monoisotopic (exact) mass is 222 g/mol. The third kappa shape index (κ3) is 4.23. The van der Waals surface area contributed by atoms with Gasteiger partial charge in [0.05, 0.1) is 12.7 Å². The Balaban J connectivity index is 2.71. The molecule has 2 heteroatoms. The van der Waals surface area contributed by atoms with Crippen LogP contribution >= 0.6 is 0 Å². The molecule has 90 valence electrons. The fourth-order valence-electron chi connectivity index (χ4n) is 2.17. The maximum atomic E-state index is 10.3. The first-order valence-electron chi connectivity index (χ1n) is 5.78. The van der Waals surface area contributed by atoms with Gasteiger partial charge in [-0.05, 0) is 37.0 Å². The summed E-state index contributed by atoms with van der Waals surface area (Å²) in [6.07, 6.45) is 1.48. The van der Waals surface area contributed by atoms with Crippen LogP contribution in [0.3, 0.4) is 0 Å². The predicted molar refractivity (Wildman–Crippen MR) is 66.8 cm³/mol. The molecule has 0 amide bonds. The number of benzene rings is 1. The van der Waals surface area contributed by atoms with E-state index in [0.717, 1.165) is 17.7 Å². The van der Waals surface area contributed by atoms with Crippen molar-refractivity contribution in [2.24, 2.45) is 5.92 Å². The Labute approximate surface area is 98.3 Å². The standard InChI is InChI=1S/C14H22O2/c1-11(2)9-14(3,15)10-12-6-5-7-13(8-12)16-4/h5-8,11,15H,9-10H2,1-4H3. The Hall–Kier alpha value is -1.02. The minimum absolute atomic E-state index is 0.501. The number of ether oxygens (including phenoxy) is 1. The molecule has 0 aliphatic heterocycles. The van der Waals surface area contributed by atoms with E-state index >= 15 is 0 Å². The van der Waals surface area contributed by atoms with E-state index in [0.29, 0.717) is 12.3 Å². The molecular weight excluding hydrogens is 200 g/mol. The molecule has 0 heterocycles. The zero-order chi connectivity index (χ0) is 12.2. The van der Waals surface area contributed by atoms with Crippen LogP contribution in [0, 0.1) is 5.92 Å². The van der Waals surface area contributed by atoms with Gasteiger partial charge in [-0.25, -0.2) is 0 Å². The lowest BCUT2D eigenvalue weighted by Crippen LogP contribution is -2.29. The first-order valence-corrected chi connectivity index (χ1v) is 5.78. The number of aliphatic hydroxyl groups is 1. The number of methoxy groups -OCH3 is 1. The molecule has 1 N–H and O–H groups in total. The van der Waals surface area contributed by atoms with Crippen LogP contribution in [0.1, 0.15) is 32.8 Å². The topological polar surface area (TPSA) is 29.5 Å². The van der Waals surface area contributed by atoms with E-state index < -0.39 is 5.60 Å². The summed E-state index contributed by atoms with van der Waals surface area (Å²) in [7, 11) is 1.66. The molecule has 0 radical (unpaired) electrons. The maximum absolute atomic E-state index is 10.3. The second-order valence-corrected chi connectivity index (χ2v) is 5.12.